The Kier molecular flexibility index (Phi) is 4.53. The molecule has 0 N–H and O–H groups in total. The van der Waals surface area contributed by atoms with E-state index in [1.165, 1.54) is 64.2 Å². The molecule has 2 saturated carbocycles. The molecule has 0 saturated heterocycles. The minimum atomic E-state index is 1.01. The molecule has 0 amide bonds. The zero-order valence-electron chi connectivity index (χ0n) is 10.4. The molecule has 0 aromatic carbocycles. The highest BCUT2D eigenvalue weighted by Crippen LogP contribution is 2.36. The molecule has 2 fully saturated rings. The summed E-state index contributed by atoms with van der Waals surface area (Å²) in [5, 5.41) is 0. The third-order valence-electron chi connectivity index (χ3n) is 4.72. The lowest BCUT2D eigenvalue weighted by molar-refractivity contribution is 0.210. The minimum absolute atomic E-state index is 1.01. The minimum Gasteiger partial charge on any atom is -0.0622 e. The summed E-state index contributed by atoms with van der Waals surface area (Å²) in [6.45, 7) is 2.52. The molecule has 0 aliphatic heterocycles. The Morgan fingerprint density at radius 3 is 2.33 bits per heavy atom. The van der Waals surface area contributed by atoms with Gasteiger partial charge in [-0.05, 0) is 43.4 Å². The lowest BCUT2D eigenvalue weighted by Crippen LogP contribution is -2.19. The summed E-state index contributed by atoms with van der Waals surface area (Å²) >= 11 is 0. The lowest BCUT2D eigenvalue weighted by atomic mass is 9.74. The second-order valence-corrected chi connectivity index (χ2v) is 5.92. The lowest BCUT2D eigenvalue weighted by Gasteiger charge is -2.31. The van der Waals surface area contributed by atoms with Crippen molar-refractivity contribution < 1.29 is 0 Å². The van der Waals surface area contributed by atoms with Crippen molar-refractivity contribution in [1.82, 2.24) is 0 Å². The molecule has 1 radical (unpaired) electrons. The average molecular weight is 207 g/mol. The number of rotatable bonds is 3. The Morgan fingerprint density at radius 1 is 1.00 bits per heavy atom. The maximum atomic E-state index is 2.52. The molecule has 0 aromatic heterocycles. The van der Waals surface area contributed by atoms with Crippen molar-refractivity contribution in [2.75, 3.05) is 0 Å². The first-order valence-corrected chi connectivity index (χ1v) is 7.18. The molecule has 15 heavy (non-hydrogen) atoms. The van der Waals surface area contributed by atoms with Gasteiger partial charge in [0.15, 0.2) is 0 Å². The summed E-state index contributed by atoms with van der Waals surface area (Å²) in [4.78, 5) is 0. The van der Waals surface area contributed by atoms with Crippen molar-refractivity contribution in [2.45, 2.75) is 71.1 Å². The molecule has 2 rings (SSSR count). The highest BCUT2D eigenvalue weighted by molar-refractivity contribution is 4.80. The second kappa shape index (κ2) is 5.92. The van der Waals surface area contributed by atoms with Gasteiger partial charge in [-0.15, -0.1) is 0 Å². The van der Waals surface area contributed by atoms with E-state index in [0.717, 1.165) is 17.8 Å². The molecule has 0 nitrogen and oxygen atoms in total. The van der Waals surface area contributed by atoms with Crippen LogP contribution >= 0.6 is 0 Å². The van der Waals surface area contributed by atoms with Gasteiger partial charge >= 0.3 is 0 Å². The SMILES string of the molecule is CC(CC1CC[CH]CC1)C1CCCCC1. The van der Waals surface area contributed by atoms with E-state index in [4.69, 9.17) is 0 Å². The Hall–Kier alpha value is 0. The van der Waals surface area contributed by atoms with Crippen molar-refractivity contribution in [3.63, 3.8) is 0 Å². The third kappa shape index (κ3) is 3.50. The molecule has 0 bridgehead atoms. The molecule has 0 heteroatoms. The summed E-state index contributed by atoms with van der Waals surface area (Å²) in [5.41, 5.74) is 0. The van der Waals surface area contributed by atoms with Crippen LogP contribution in [0.4, 0.5) is 0 Å². The van der Waals surface area contributed by atoms with Crippen LogP contribution in [0.25, 0.3) is 0 Å². The quantitative estimate of drug-likeness (QED) is 0.612. The van der Waals surface area contributed by atoms with Gasteiger partial charge < -0.3 is 0 Å². The molecular weight excluding hydrogens is 180 g/mol. The Balaban J connectivity index is 1.72. The molecule has 87 valence electrons. The largest absolute Gasteiger partial charge is 0.0622 e. The van der Waals surface area contributed by atoms with E-state index in [9.17, 15) is 0 Å². The summed E-state index contributed by atoms with van der Waals surface area (Å²) in [7, 11) is 0. The van der Waals surface area contributed by atoms with Crippen molar-refractivity contribution in [1.29, 1.82) is 0 Å². The number of hydrogen-bond acceptors (Lipinski definition) is 0. The van der Waals surface area contributed by atoms with E-state index in [0.29, 0.717) is 0 Å². The summed E-state index contributed by atoms with van der Waals surface area (Å²) < 4.78 is 0. The van der Waals surface area contributed by atoms with Gasteiger partial charge in [0.25, 0.3) is 0 Å². The van der Waals surface area contributed by atoms with Gasteiger partial charge in [0.1, 0.15) is 0 Å². The smallest absolute Gasteiger partial charge is 0.0386 e. The highest BCUT2D eigenvalue weighted by atomic mass is 14.3. The van der Waals surface area contributed by atoms with Crippen molar-refractivity contribution >= 4 is 0 Å². The van der Waals surface area contributed by atoms with Crippen LogP contribution in [-0.4, -0.2) is 0 Å². The van der Waals surface area contributed by atoms with Gasteiger partial charge in [-0.25, -0.2) is 0 Å². The summed E-state index contributed by atoms with van der Waals surface area (Å²) in [6, 6.07) is 0. The summed E-state index contributed by atoms with van der Waals surface area (Å²) in [6.07, 6.45) is 17.3. The van der Waals surface area contributed by atoms with Gasteiger partial charge in [-0.2, -0.15) is 0 Å². The van der Waals surface area contributed by atoms with Crippen LogP contribution in [-0.2, 0) is 0 Å². The van der Waals surface area contributed by atoms with Gasteiger partial charge in [0.2, 0.25) is 0 Å². The fraction of sp³-hybridized carbons (Fsp3) is 0.933. The maximum Gasteiger partial charge on any atom is -0.0386 e. The van der Waals surface area contributed by atoms with E-state index in [1.54, 1.807) is 0 Å². The van der Waals surface area contributed by atoms with E-state index in [1.807, 2.05) is 0 Å². The molecule has 0 heterocycles. The van der Waals surface area contributed by atoms with Crippen LogP contribution in [0.1, 0.15) is 71.1 Å². The fourth-order valence-corrected chi connectivity index (χ4v) is 3.65. The standard InChI is InChI=1S/C15H27/c1-13(15-10-6-3-7-11-15)12-14-8-4-2-5-9-14/h2,13-15H,3-12H2,1H3. The van der Waals surface area contributed by atoms with Crippen LogP contribution in [0.2, 0.25) is 0 Å². The molecule has 1 unspecified atom stereocenters. The van der Waals surface area contributed by atoms with E-state index < -0.39 is 0 Å². The van der Waals surface area contributed by atoms with Crippen LogP contribution in [0.3, 0.4) is 0 Å². The first-order chi connectivity index (χ1) is 7.36. The fourth-order valence-electron chi connectivity index (χ4n) is 3.65. The van der Waals surface area contributed by atoms with Gasteiger partial charge in [-0.3, -0.25) is 0 Å². The van der Waals surface area contributed by atoms with E-state index >= 15 is 0 Å². The zero-order valence-corrected chi connectivity index (χ0v) is 10.4. The summed E-state index contributed by atoms with van der Waals surface area (Å²) in [5.74, 6) is 3.14. The topological polar surface area (TPSA) is 0 Å². The zero-order chi connectivity index (χ0) is 10.5. The third-order valence-corrected chi connectivity index (χ3v) is 4.72. The molecular formula is C15H27. The monoisotopic (exact) mass is 207 g/mol. The maximum absolute atomic E-state index is 2.52. The van der Waals surface area contributed by atoms with Crippen LogP contribution < -0.4 is 0 Å². The van der Waals surface area contributed by atoms with Gasteiger partial charge in [0.05, 0.1) is 0 Å². The van der Waals surface area contributed by atoms with Crippen LogP contribution in [0.5, 0.6) is 0 Å². The van der Waals surface area contributed by atoms with Gasteiger partial charge in [-0.1, -0.05) is 51.9 Å². The second-order valence-electron chi connectivity index (χ2n) is 5.92. The van der Waals surface area contributed by atoms with Gasteiger partial charge in [0, 0.05) is 0 Å². The normalized spacial score (nSPS) is 27.8. The molecule has 0 spiro atoms. The van der Waals surface area contributed by atoms with Crippen molar-refractivity contribution in [2.24, 2.45) is 17.8 Å². The van der Waals surface area contributed by atoms with Crippen LogP contribution in [0.15, 0.2) is 0 Å². The Bertz CT molecular complexity index is 161. The molecule has 1 atom stereocenters. The average Bonchev–Trinajstić information content (AvgIpc) is 2.31. The van der Waals surface area contributed by atoms with E-state index in [-0.39, 0.29) is 0 Å². The predicted octanol–water partition coefficient (Wildman–Crippen LogP) is 4.99. The molecule has 2 aliphatic rings. The molecule has 2 aliphatic carbocycles. The Labute approximate surface area is 95.8 Å². The van der Waals surface area contributed by atoms with Crippen molar-refractivity contribution in [3.8, 4) is 0 Å². The predicted molar refractivity (Wildman–Crippen MR) is 66.6 cm³/mol. The number of hydrogen-bond donors (Lipinski definition) is 0. The first kappa shape index (κ1) is 11.5. The highest BCUT2D eigenvalue weighted by Gasteiger charge is 2.23. The first-order valence-electron chi connectivity index (χ1n) is 7.18. The van der Waals surface area contributed by atoms with Crippen molar-refractivity contribution in [3.05, 3.63) is 6.42 Å². The van der Waals surface area contributed by atoms with Crippen LogP contribution in [0, 0.1) is 24.2 Å². The van der Waals surface area contributed by atoms with E-state index in [2.05, 4.69) is 13.3 Å². The Morgan fingerprint density at radius 2 is 1.67 bits per heavy atom. The molecule has 0 aromatic rings.